The van der Waals surface area contributed by atoms with Crippen LogP contribution < -0.4 is 5.73 Å². The van der Waals surface area contributed by atoms with Gasteiger partial charge in [-0.15, -0.1) is 5.10 Å². The van der Waals surface area contributed by atoms with E-state index in [4.69, 9.17) is 19.6 Å². The van der Waals surface area contributed by atoms with Crippen molar-refractivity contribution in [2.45, 2.75) is 25.7 Å². The van der Waals surface area contributed by atoms with Gasteiger partial charge in [0.1, 0.15) is 17.3 Å². The molecule has 156 valence electrons. The Morgan fingerprint density at radius 3 is 3.00 bits per heavy atom. The maximum atomic E-state index is 9.28. The third-order valence-electron chi connectivity index (χ3n) is 4.95. The van der Waals surface area contributed by atoms with Gasteiger partial charge in [0.2, 0.25) is 5.95 Å². The highest BCUT2D eigenvalue weighted by molar-refractivity contribution is 5.87. The van der Waals surface area contributed by atoms with Gasteiger partial charge in [-0.2, -0.15) is 10.2 Å². The molecule has 0 radical (unpaired) electrons. The quantitative estimate of drug-likeness (QED) is 0.489. The molecule has 0 bridgehead atoms. The molecule has 0 amide bonds. The van der Waals surface area contributed by atoms with Crippen LogP contribution in [0.3, 0.4) is 0 Å². The molecule has 5 heterocycles. The predicted octanol–water partition coefficient (Wildman–Crippen LogP) is 1.68. The predicted molar refractivity (Wildman–Crippen MR) is 107 cm³/mol. The molecular weight excluding hydrogens is 400 g/mol. The fourth-order valence-corrected chi connectivity index (χ4v) is 3.36. The van der Waals surface area contributed by atoms with Crippen LogP contribution in [0.5, 0.6) is 0 Å². The van der Waals surface area contributed by atoms with Crippen molar-refractivity contribution in [3.63, 3.8) is 0 Å². The molecule has 1 unspecified atom stereocenters. The van der Waals surface area contributed by atoms with Crippen LogP contribution in [0.15, 0.2) is 35.1 Å². The maximum Gasteiger partial charge on any atom is 0.222 e. The molecule has 4 aromatic heterocycles. The average molecular weight is 418 g/mol. The number of nitrogens with zero attached hydrogens (tertiary/aromatic N) is 7. The normalized spacial score (nSPS) is 16.0. The summed E-state index contributed by atoms with van der Waals surface area (Å²) in [7, 11) is 0. The van der Waals surface area contributed by atoms with E-state index in [-0.39, 0.29) is 17.8 Å². The third kappa shape index (κ3) is 3.81. The monoisotopic (exact) mass is 418 g/mol. The van der Waals surface area contributed by atoms with E-state index in [9.17, 15) is 5.26 Å². The van der Waals surface area contributed by atoms with E-state index in [0.717, 1.165) is 24.3 Å². The van der Waals surface area contributed by atoms with Gasteiger partial charge in [0.25, 0.3) is 0 Å². The lowest BCUT2D eigenvalue weighted by atomic mass is 10.2. The molecule has 0 aliphatic carbocycles. The molecule has 1 fully saturated rings. The summed E-state index contributed by atoms with van der Waals surface area (Å²) >= 11 is 0. The van der Waals surface area contributed by atoms with E-state index in [1.54, 1.807) is 16.9 Å². The van der Waals surface area contributed by atoms with Gasteiger partial charge in [-0.3, -0.25) is 4.98 Å². The minimum atomic E-state index is 0.0303. The summed E-state index contributed by atoms with van der Waals surface area (Å²) in [6.07, 6.45) is 4.26. The first-order chi connectivity index (χ1) is 15.2. The van der Waals surface area contributed by atoms with Crippen LogP contribution in [0.4, 0.5) is 5.95 Å². The molecule has 0 saturated carbocycles. The third-order valence-corrected chi connectivity index (χ3v) is 4.95. The van der Waals surface area contributed by atoms with Crippen molar-refractivity contribution in [1.29, 1.82) is 5.26 Å². The molecule has 1 atom stereocenters. The summed E-state index contributed by atoms with van der Waals surface area (Å²) in [4.78, 5) is 13.0. The molecule has 1 aliphatic rings. The largest absolute Gasteiger partial charge is 0.461 e. The Balaban J connectivity index is 1.38. The number of aromatic nitrogens is 6. The van der Waals surface area contributed by atoms with Crippen molar-refractivity contribution >= 4 is 17.1 Å². The molecule has 1 saturated heterocycles. The molecular formula is C20H18N8O3. The standard InChI is InChI=1S/C20H18N8O3/c21-7-13-3-6-30-18(13)16-17-19(25-20(22)24-16)28(27-26-17)9-14-2-1-12(8-23-14)10-31-15-4-5-29-11-15/h1-3,6,8,15H,4-5,9-11H2,(H2,22,24,25). The number of nitriles is 1. The van der Waals surface area contributed by atoms with Crippen molar-refractivity contribution in [1.82, 2.24) is 29.9 Å². The SMILES string of the molecule is N#Cc1ccoc1-c1nc(N)nc2c1nnn2Cc1ccc(COC2CCOC2)cn1. The van der Waals surface area contributed by atoms with Gasteiger partial charge in [0, 0.05) is 12.8 Å². The number of fused-ring (bicyclic) bond motifs is 1. The Kier molecular flexibility index (Phi) is 4.99. The second-order valence-corrected chi connectivity index (χ2v) is 7.08. The Hall–Kier alpha value is -3.88. The van der Waals surface area contributed by atoms with Crippen LogP contribution in [0.25, 0.3) is 22.6 Å². The Bertz CT molecular complexity index is 1250. The summed E-state index contributed by atoms with van der Waals surface area (Å²) in [5.74, 6) is 0.312. The zero-order valence-corrected chi connectivity index (χ0v) is 16.4. The van der Waals surface area contributed by atoms with E-state index in [1.807, 2.05) is 12.1 Å². The summed E-state index contributed by atoms with van der Waals surface area (Å²) in [5.41, 5.74) is 9.13. The van der Waals surface area contributed by atoms with Gasteiger partial charge < -0.3 is 19.6 Å². The van der Waals surface area contributed by atoms with Crippen LogP contribution in [-0.4, -0.2) is 49.3 Å². The van der Waals surface area contributed by atoms with Crippen molar-refractivity contribution in [2.24, 2.45) is 0 Å². The van der Waals surface area contributed by atoms with Crippen LogP contribution in [0.1, 0.15) is 23.2 Å². The zero-order valence-electron chi connectivity index (χ0n) is 16.4. The van der Waals surface area contributed by atoms with Gasteiger partial charge in [-0.05, 0) is 24.1 Å². The Morgan fingerprint density at radius 1 is 1.29 bits per heavy atom. The number of nitrogens with two attached hydrogens (primary N) is 1. The van der Waals surface area contributed by atoms with Gasteiger partial charge in [0.15, 0.2) is 16.9 Å². The highest BCUT2D eigenvalue weighted by Gasteiger charge is 2.20. The first-order valence-corrected chi connectivity index (χ1v) is 9.69. The van der Waals surface area contributed by atoms with Crippen LogP contribution >= 0.6 is 0 Å². The first-order valence-electron chi connectivity index (χ1n) is 9.69. The average Bonchev–Trinajstić information content (AvgIpc) is 3.54. The van der Waals surface area contributed by atoms with Crippen LogP contribution in [0, 0.1) is 11.3 Å². The molecule has 1 aliphatic heterocycles. The van der Waals surface area contributed by atoms with Crippen molar-refractivity contribution < 1.29 is 13.9 Å². The molecule has 11 nitrogen and oxygen atoms in total. The fraction of sp³-hybridized carbons (Fsp3) is 0.300. The van der Waals surface area contributed by atoms with E-state index >= 15 is 0 Å². The van der Waals surface area contributed by atoms with Gasteiger partial charge in [-0.1, -0.05) is 11.3 Å². The first kappa shape index (κ1) is 19.1. The minimum Gasteiger partial charge on any atom is -0.461 e. The summed E-state index contributed by atoms with van der Waals surface area (Å²) in [5, 5.41) is 17.6. The minimum absolute atomic E-state index is 0.0303. The van der Waals surface area contributed by atoms with E-state index in [0.29, 0.717) is 42.2 Å². The molecule has 11 heteroatoms. The molecule has 5 rings (SSSR count). The fourth-order valence-electron chi connectivity index (χ4n) is 3.36. The second-order valence-electron chi connectivity index (χ2n) is 7.08. The number of pyridine rings is 1. The number of anilines is 1. The number of ether oxygens (including phenoxy) is 2. The lowest BCUT2D eigenvalue weighted by molar-refractivity contribution is 0.0316. The summed E-state index contributed by atoms with van der Waals surface area (Å²) < 4.78 is 18.1. The van der Waals surface area contributed by atoms with Gasteiger partial charge in [0.05, 0.1) is 37.8 Å². The smallest absolute Gasteiger partial charge is 0.222 e. The zero-order chi connectivity index (χ0) is 21.2. The van der Waals surface area contributed by atoms with Crippen LogP contribution in [0.2, 0.25) is 0 Å². The molecule has 31 heavy (non-hydrogen) atoms. The molecule has 2 N–H and O–H groups in total. The molecule has 4 aromatic rings. The van der Waals surface area contributed by atoms with Gasteiger partial charge in [-0.25, -0.2) is 9.67 Å². The van der Waals surface area contributed by atoms with E-state index in [2.05, 4.69) is 31.3 Å². The van der Waals surface area contributed by atoms with Crippen LogP contribution in [-0.2, 0) is 22.6 Å². The molecule has 0 spiro atoms. The lowest BCUT2D eigenvalue weighted by Gasteiger charge is -2.10. The van der Waals surface area contributed by atoms with Gasteiger partial charge >= 0.3 is 0 Å². The van der Waals surface area contributed by atoms with E-state index in [1.165, 1.54) is 6.26 Å². The highest BCUT2D eigenvalue weighted by atomic mass is 16.5. The number of nitrogen functional groups attached to an aromatic ring is 1. The second kappa shape index (κ2) is 8.10. The topological polar surface area (TPSA) is 151 Å². The molecule has 0 aromatic carbocycles. The van der Waals surface area contributed by atoms with E-state index < -0.39 is 0 Å². The van der Waals surface area contributed by atoms with Crippen molar-refractivity contribution in [3.8, 4) is 17.5 Å². The Labute approximate surface area is 176 Å². The Morgan fingerprint density at radius 2 is 2.23 bits per heavy atom. The van der Waals surface area contributed by atoms with Crippen molar-refractivity contribution in [3.05, 3.63) is 47.5 Å². The number of hydrogen-bond acceptors (Lipinski definition) is 10. The maximum absolute atomic E-state index is 9.28. The highest BCUT2D eigenvalue weighted by Crippen LogP contribution is 2.28. The number of furan rings is 1. The van der Waals surface area contributed by atoms with Crippen molar-refractivity contribution in [2.75, 3.05) is 18.9 Å². The summed E-state index contributed by atoms with van der Waals surface area (Å²) in [6.45, 7) is 2.23. The number of hydrogen-bond donors (Lipinski definition) is 1. The lowest BCUT2D eigenvalue weighted by Crippen LogP contribution is -2.12. The summed E-state index contributed by atoms with van der Waals surface area (Å²) in [6, 6.07) is 7.49. The number of rotatable bonds is 6.